The van der Waals surface area contributed by atoms with Crippen LogP contribution in [0.2, 0.25) is 0 Å². The van der Waals surface area contributed by atoms with Gasteiger partial charge in [-0.1, -0.05) is 6.07 Å². The van der Waals surface area contributed by atoms with E-state index in [4.69, 9.17) is 4.74 Å². The molecule has 1 aromatic carbocycles. The molecule has 2 rings (SSSR count). The van der Waals surface area contributed by atoms with Crippen LogP contribution in [-0.4, -0.2) is 57.0 Å². The first-order valence-electron chi connectivity index (χ1n) is 7.62. The third kappa shape index (κ3) is 4.79. The number of phenolic OH excluding ortho intramolecular Hbond substituents is 1. The van der Waals surface area contributed by atoms with Crippen molar-refractivity contribution in [3.05, 3.63) is 35.4 Å². The molecular formula is C17H20O8. The summed E-state index contributed by atoms with van der Waals surface area (Å²) in [7, 11) is 0. The lowest BCUT2D eigenvalue weighted by atomic mass is 9.87. The number of phenols is 1. The van der Waals surface area contributed by atoms with Gasteiger partial charge in [-0.25, -0.2) is 4.79 Å². The number of hydrogen-bond acceptors (Lipinski definition) is 8. The van der Waals surface area contributed by atoms with Crippen molar-refractivity contribution in [1.29, 1.82) is 0 Å². The Hall–Kier alpha value is -2.42. The molecule has 1 fully saturated rings. The fourth-order valence-electron chi connectivity index (χ4n) is 2.69. The highest BCUT2D eigenvalue weighted by molar-refractivity contribution is 5.87. The maximum Gasteiger partial charge on any atom is 0.331 e. The van der Waals surface area contributed by atoms with Crippen molar-refractivity contribution in [1.82, 2.24) is 0 Å². The molecule has 4 N–H and O–H groups in total. The molecule has 136 valence electrons. The normalized spacial score (nSPS) is 29.4. The predicted octanol–water partition coefficient (Wildman–Crippen LogP) is 0.00282. The van der Waals surface area contributed by atoms with Crippen LogP contribution >= 0.6 is 0 Å². The van der Waals surface area contributed by atoms with Gasteiger partial charge in [0.25, 0.3) is 6.47 Å². The van der Waals surface area contributed by atoms with Crippen LogP contribution in [0.15, 0.2) is 24.3 Å². The summed E-state index contributed by atoms with van der Waals surface area (Å²) in [5.41, 5.74) is 1.30. The molecule has 0 aromatic heterocycles. The Balaban J connectivity index is 1.99. The fraction of sp³-hybridized carbons (Fsp3) is 0.412. The van der Waals surface area contributed by atoms with Gasteiger partial charge >= 0.3 is 5.97 Å². The number of carbonyl (C=O) groups excluding carboxylic acids is 2. The van der Waals surface area contributed by atoms with Gasteiger partial charge in [0.2, 0.25) is 5.79 Å². The molecule has 0 bridgehead atoms. The van der Waals surface area contributed by atoms with Gasteiger partial charge in [0.1, 0.15) is 5.75 Å². The number of hydrogen-bond donors (Lipinski definition) is 4. The Morgan fingerprint density at radius 2 is 1.92 bits per heavy atom. The molecule has 1 aromatic rings. The molecule has 2 unspecified atom stereocenters. The standard InChI is InChI=1S/C17H20O8/c1-10-6-11(2-4-12(10)19)3-5-15(22)25-16-13(20)7-17(23,24-9-18)8-14(16)21/h2-6,9,13-14,16,19-21,23H,7-8H2,1H3/b5-3+/t13?,14?,16-,17-. The van der Waals surface area contributed by atoms with E-state index in [1.54, 1.807) is 19.1 Å². The summed E-state index contributed by atoms with van der Waals surface area (Å²) >= 11 is 0. The fourth-order valence-corrected chi connectivity index (χ4v) is 2.69. The second-order valence-electron chi connectivity index (χ2n) is 5.98. The smallest absolute Gasteiger partial charge is 0.331 e. The second kappa shape index (κ2) is 7.64. The Bertz CT molecular complexity index is 657. The molecule has 25 heavy (non-hydrogen) atoms. The van der Waals surface area contributed by atoms with Gasteiger partial charge in [-0.05, 0) is 36.3 Å². The van der Waals surface area contributed by atoms with Gasteiger partial charge < -0.3 is 29.9 Å². The summed E-state index contributed by atoms with van der Waals surface area (Å²) in [6.07, 6.45) is -2.25. The third-order valence-corrected chi connectivity index (χ3v) is 3.97. The maximum atomic E-state index is 11.9. The van der Waals surface area contributed by atoms with Crippen LogP contribution in [0.3, 0.4) is 0 Å². The lowest BCUT2D eigenvalue weighted by Gasteiger charge is -2.39. The third-order valence-electron chi connectivity index (χ3n) is 3.97. The van der Waals surface area contributed by atoms with Crippen LogP contribution in [-0.2, 0) is 19.1 Å². The van der Waals surface area contributed by atoms with Crippen molar-refractivity contribution >= 4 is 18.5 Å². The molecule has 0 saturated heterocycles. The Morgan fingerprint density at radius 1 is 1.28 bits per heavy atom. The van der Waals surface area contributed by atoms with Crippen molar-refractivity contribution in [2.75, 3.05) is 0 Å². The van der Waals surface area contributed by atoms with Crippen LogP contribution < -0.4 is 0 Å². The molecule has 1 aliphatic rings. The molecule has 8 nitrogen and oxygen atoms in total. The number of esters is 1. The largest absolute Gasteiger partial charge is 0.508 e. The van der Waals surface area contributed by atoms with E-state index in [1.165, 1.54) is 12.1 Å². The number of carbonyl (C=O) groups is 2. The van der Waals surface area contributed by atoms with Crippen molar-refractivity contribution in [3.8, 4) is 5.75 Å². The van der Waals surface area contributed by atoms with E-state index in [0.29, 0.717) is 11.1 Å². The molecule has 0 radical (unpaired) electrons. The van der Waals surface area contributed by atoms with Crippen molar-refractivity contribution in [2.24, 2.45) is 0 Å². The lowest BCUT2D eigenvalue weighted by Crippen LogP contribution is -2.55. The van der Waals surface area contributed by atoms with Gasteiger partial charge in [-0.15, -0.1) is 0 Å². The average molecular weight is 352 g/mol. The zero-order valence-electron chi connectivity index (χ0n) is 13.5. The van der Waals surface area contributed by atoms with Crippen molar-refractivity contribution in [2.45, 2.75) is 43.9 Å². The van der Waals surface area contributed by atoms with E-state index in [0.717, 1.165) is 6.08 Å². The van der Waals surface area contributed by atoms with E-state index >= 15 is 0 Å². The molecule has 0 amide bonds. The molecule has 1 saturated carbocycles. The summed E-state index contributed by atoms with van der Waals surface area (Å²) < 4.78 is 9.50. The van der Waals surface area contributed by atoms with Crippen molar-refractivity contribution < 1.29 is 39.5 Å². The number of ether oxygens (including phenoxy) is 2. The Morgan fingerprint density at radius 3 is 2.48 bits per heavy atom. The van der Waals surface area contributed by atoms with Gasteiger partial charge in [-0.3, -0.25) is 4.79 Å². The number of rotatable bonds is 5. The summed E-state index contributed by atoms with van der Waals surface area (Å²) in [6.45, 7) is 1.73. The van der Waals surface area contributed by atoms with Crippen LogP contribution in [0, 0.1) is 6.92 Å². The first kappa shape index (κ1) is 18.9. The number of aliphatic hydroxyl groups excluding tert-OH is 2. The van der Waals surface area contributed by atoms with E-state index in [9.17, 15) is 30.0 Å². The quantitative estimate of drug-likeness (QED) is 0.252. The number of benzene rings is 1. The topological polar surface area (TPSA) is 134 Å². The lowest BCUT2D eigenvalue weighted by molar-refractivity contribution is -0.255. The highest BCUT2D eigenvalue weighted by atomic mass is 16.6. The van der Waals surface area contributed by atoms with Gasteiger partial charge in [-0.2, -0.15) is 0 Å². The molecule has 0 aliphatic heterocycles. The highest BCUT2D eigenvalue weighted by Crippen LogP contribution is 2.31. The molecule has 0 spiro atoms. The van der Waals surface area contributed by atoms with Crippen LogP contribution in [0.1, 0.15) is 24.0 Å². The van der Waals surface area contributed by atoms with E-state index in [-0.39, 0.29) is 25.1 Å². The molecule has 0 heterocycles. The van der Waals surface area contributed by atoms with Crippen LogP contribution in [0.25, 0.3) is 6.08 Å². The second-order valence-corrected chi connectivity index (χ2v) is 5.98. The van der Waals surface area contributed by atoms with Gasteiger partial charge in [0, 0.05) is 18.9 Å². The number of aliphatic hydroxyl groups is 3. The monoisotopic (exact) mass is 352 g/mol. The van der Waals surface area contributed by atoms with Gasteiger partial charge in [0.15, 0.2) is 6.10 Å². The summed E-state index contributed by atoms with van der Waals surface area (Å²) in [5, 5.41) is 39.3. The van der Waals surface area contributed by atoms with E-state index in [1.807, 2.05) is 0 Å². The summed E-state index contributed by atoms with van der Waals surface area (Å²) in [5.74, 6) is -2.66. The molecule has 1 aliphatic carbocycles. The first-order valence-corrected chi connectivity index (χ1v) is 7.62. The molecular weight excluding hydrogens is 332 g/mol. The minimum absolute atomic E-state index is 0.0220. The minimum Gasteiger partial charge on any atom is -0.508 e. The zero-order chi connectivity index (χ0) is 18.6. The predicted molar refractivity (Wildman–Crippen MR) is 85.1 cm³/mol. The summed E-state index contributed by atoms with van der Waals surface area (Å²) in [4.78, 5) is 22.2. The maximum absolute atomic E-state index is 11.9. The van der Waals surface area contributed by atoms with Gasteiger partial charge in [0.05, 0.1) is 12.2 Å². The molecule has 8 heteroatoms. The van der Waals surface area contributed by atoms with E-state index in [2.05, 4.69) is 4.74 Å². The highest BCUT2D eigenvalue weighted by Gasteiger charge is 2.47. The average Bonchev–Trinajstić information content (AvgIpc) is 2.52. The minimum atomic E-state index is -2.00. The van der Waals surface area contributed by atoms with Crippen molar-refractivity contribution in [3.63, 3.8) is 0 Å². The first-order chi connectivity index (χ1) is 11.7. The van der Waals surface area contributed by atoms with Crippen LogP contribution in [0.4, 0.5) is 0 Å². The SMILES string of the molecule is Cc1cc(/C=C/C(=O)O[C@H]2C(O)C[C@](O)(OC=O)CC2O)ccc1O. The Labute approximate surface area is 143 Å². The van der Waals surface area contributed by atoms with Crippen LogP contribution in [0.5, 0.6) is 5.75 Å². The number of aryl methyl sites for hydroxylation is 1. The van der Waals surface area contributed by atoms with E-state index < -0.39 is 30.1 Å². The Kier molecular flexibility index (Phi) is 5.78. The zero-order valence-corrected chi connectivity index (χ0v) is 13.5. The molecule has 2 atom stereocenters. The number of aromatic hydroxyl groups is 1. The summed E-state index contributed by atoms with van der Waals surface area (Å²) in [6, 6.07) is 4.76.